The van der Waals surface area contributed by atoms with Gasteiger partial charge in [-0.25, -0.2) is 0 Å². The molecule has 0 aliphatic carbocycles. The second-order valence-electron chi connectivity index (χ2n) is 1.39. The lowest BCUT2D eigenvalue weighted by Crippen LogP contribution is -1.56. The molecule has 0 saturated carbocycles. The Balaban J connectivity index is 3.05. The van der Waals surface area contributed by atoms with Gasteiger partial charge in [-0.15, -0.1) is 0 Å². The Morgan fingerprint density at radius 3 is 2.75 bits per heavy atom. The maximum absolute atomic E-state index is 8.58. The third-order valence-corrected chi connectivity index (χ3v) is 0.797. The van der Waals surface area contributed by atoms with Crippen molar-refractivity contribution < 1.29 is 5.11 Å². The quantitative estimate of drug-likeness (QED) is 0.511. The molecule has 0 aromatic carbocycles. The molecule has 3 heteroatoms. The summed E-state index contributed by atoms with van der Waals surface area (Å²) in [7, 11) is 0. The smallest absolute Gasteiger partial charge is 0.189 e. The molecule has 0 aliphatic heterocycles. The third-order valence-electron chi connectivity index (χ3n) is 0.797. The molecule has 0 atom stereocenters. The summed E-state index contributed by atoms with van der Waals surface area (Å²) < 4.78 is 0. The van der Waals surface area contributed by atoms with E-state index in [0.717, 1.165) is 0 Å². The number of hydrogen-bond acceptors (Lipinski definition) is 2. The van der Waals surface area contributed by atoms with Crippen molar-refractivity contribution in [2.75, 3.05) is 0 Å². The highest BCUT2D eigenvalue weighted by Gasteiger charge is 1.90. The second-order valence-corrected chi connectivity index (χ2v) is 1.39. The highest BCUT2D eigenvalue weighted by atomic mass is 16.3. The van der Waals surface area contributed by atoms with E-state index in [0.29, 0.717) is 5.56 Å². The van der Waals surface area contributed by atoms with Gasteiger partial charge in [0.25, 0.3) is 0 Å². The monoisotopic (exact) mass is 108 g/mol. The van der Waals surface area contributed by atoms with Crippen molar-refractivity contribution in [3.63, 3.8) is 0 Å². The average Bonchev–Trinajstić information content (AvgIpc) is 2.14. The van der Waals surface area contributed by atoms with E-state index in [1.165, 1.54) is 12.3 Å². The van der Waals surface area contributed by atoms with Gasteiger partial charge in [-0.2, -0.15) is 5.26 Å². The van der Waals surface area contributed by atoms with Crippen molar-refractivity contribution >= 4 is 0 Å². The van der Waals surface area contributed by atoms with Crippen molar-refractivity contribution in [2.24, 2.45) is 0 Å². The molecular weight excluding hydrogens is 104 g/mol. The minimum Gasteiger partial charge on any atom is -0.495 e. The number of nitrogens with one attached hydrogen (secondary N) is 1. The number of aromatic hydroxyl groups is 1. The van der Waals surface area contributed by atoms with Crippen LogP contribution in [0.15, 0.2) is 12.3 Å². The summed E-state index contributed by atoms with van der Waals surface area (Å²) in [5.74, 6) is 0.0292. The maximum atomic E-state index is 8.58. The molecule has 0 saturated heterocycles. The van der Waals surface area contributed by atoms with Crippen LogP contribution in [0.3, 0.4) is 0 Å². The fourth-order valence-corrected chi connectivity index (χ4v) is 0.447. The first-order valence-electron chi connectivity index (χ1n) is 2.10. The molecule has 1 rings (SSSR count). The van der Waals surface area contributed by atoms with Gasteiger partial charge in [0.2, 0.25) is 0 Å². The summed E-state index contributed by atoms with van der Waals surface area (Å²) >= 11 is 0. The van der Waals surface area contributed by atoms with Gasteiger partial charge in [-0.3, -0.25) is 0 Å². The standard InChI is InChI=1S/C5H4N2O/c6-2-4-1-5(8)7-3-4/h1,3,7-8H. The molecule has 2 N–H and O–H groups in total. The molecule has 1 aromatic rings. The van der Waals surface area contributed by atoms with E-state index < -0.39 is 0 Å². The number of nitrogens with zero attached hydrogens (tertiary/aromatic N) is 1. The highest BCUT2D eigenvalue weighted by Crippen LogP contribution is 2.05. The molecule has 0 bridgehead atoms. The first-order chi connectivity index (χ1) is 3.83. The Bertz CT molecular complexity index is 221. The van der Waals surface area contributed by atoms with Gasteiger partial charge in [-0.05, 0) is 0 Å². The maximum Gasteiger partial charge on any atom is 0.189 e. The first kappa shape index (κ1) is 4.72. The lowest BCUT2D eigenvalue weighted by atomic mass is 10.4. The third kappa shape index (κ3) is 0.636. The van der Waals surface area contributed by atoms with E-state index in [4.69, 9.17) is 10.4 Å². The molecule has 0 aliphatic rings. The van der Waals surface area contributed by atoms with Crippen LogP contribution in [0.4, 0.5) is 0 Å². The van der Waals surface area contributed by atoms with Crippen molar-refractivity contribution in [2.45, 2.75) is 0 Å². The number of aromatic amines is 1. The zero-order chi connectivity index (χ0) is 5.98. The summed E-state index contributed by atoms with van der Waals surface area (Å²) in [5.41, 5.74) is 0.447. The molecule has 1 aromatic heterocycles. The SMILES string of the molecule is N#Cc1c[nH]c(O)c1. The minimum absolute atomic E-state index is 0.0292. The van der Waals surface area contributed by atoms with Gasteiger partial charge in [0, 0.05) is 12.3 Å². The Kier molecular flexibility index (Phi) is 0.935. The Morgan fingerprint density at radius 1 is 1.75 bits per heavy atom. The summed E-state index contributed by atoms with van der Waals surface area (Å²) in [4.78, 5) is 2.45. The number of aromatic nitrogens is 1. The van der Waals surface area contributed by atoms with Crippen LogP contribution >= 0.6 is 0 Å². The van der Waals surface area contributed by atoms with E-state index >= 15 is 0 Å². The summed E-state index contributed by atoms with van der Waals surface area (Å²) in [6.45, 7) is 0. The number of H-pyrrole nitrogens is 1. The van der Waals surface area contributed by atoms with Crippen LogP contribution < -0.4 is 0 Å². The first-order valence-corrected chi connectivity index (χ1v) is 2.10. The molecule has 0 fully saturated rings. The van der Waals surface area contributed by atoms with Crippen molar-refractivity contribution in [1.82, 2.24) is 4.98 Å². The zero-order valence-corrected chi connectivity index (χ0v) is 4.05. The topological polar surface area (TPSA) is 59.8 Å². The molecule has 0 spiro atoms. The second kappa shape index (κ2) is 1.58. The van der Waals surface area contributed by atoms with Gasteiger partial charge in [-0.1, -0.05) is 0 Å². The van der Waals surface area contributed by atoms with Crippen LogP contribution in [0.5, 0.6) is 5.88 Å². The van der Waals surface area contributed by atoms with Gasteiger partial charge in [0.05, 0.1) is 5.56 Å². The highest BCUT2D eigenvalue weighted by molar-refractivity contribution is 5.30. The fourth-order valence-electron chi connectivity index (χ4n) is 0.447. The number of hydrogen-bond donors (Lipinski definition) is 2. The summed E-state index contributed by atoms with van der Waals surface area (Å²) in [6.07, 6.45) is 1.44. The predicted octanol–water partition coefficient (Wildman–Crippen LogP) is 0.592. The molecule has 0 unspecified atom stereocenters. The molecule has 8 heavy (non-hydrogen) atoms. The predicted molar refractivity (Wildman–Crippen MR) is 27.2 cm³/mol. The van der Waals surface area contributed by atoms with Gasteiger partial charge in [0.15, 0.2) is 5.88 Å². The van der Waals surface area contributed by atoms with E-state index in [9.17, 15) is 0 Å². The van der Waals surface area contributed by atoms with E-state index in [1.807, 2.05) is 6.07 Å². The molecule has 40 valence electrons. The Morgan fingerprint density at radius 2 is 2.50 bits per heavy atom. The van der Waals surface area contributed by atoms with Crippen LogP contribution in [0.1, 0.15) is 5.56 Å². The van der Waals surface area contributed by atoms with Crippen LogP contribution in [0.25, 0.3) is 0 Å². The molecule has 0 radical (unpaired) electrons. The van der Waals surface area contributed by atoms with Crippen LogP contribution in [0.2, 0.25) is 0 Å². The number of nitriles is 1. The molecule has 0 amide bonds. The Labute approximate surface area is 46.2 Å². The Hall–Kier alpha value is -1.43. The zero-order valence-electron chi connectivity index (χ0n) is 4.05. The van der Waals surface area contributed by atoms with Gasteiger partial charge < -0.3 is 10.1 Å². The van der Waals surface area contributed by atoms with Crippen LogP contribution in [0, 0.1) is 11.3 Å². The minimum atomic E-state index is 0.0292. The average molecular weight is 108 g/mol. The van der Waals surface area contributed by atoms with E-state index in [1.54, 1.807) is 0 Å². The lowest BCUT2D eigenvalue weighted by molar-refractivity contribution is 0.457. The molecule has 1 heterocycles. The van der Waals surface area contributed by atoms with Gasteiger partial charge >= 0.3 is 0 Å². The van der Waals surface area contributed by atoms with Crippen molar-refractivity contribution in [3.8, 4) is 11.9 Å². The molecule has 3 nitrogen and oxygen atoms in total. The van der Waals surface area contributed by atoms with E-state index in [2.05, 4.69) is 4.98 Å². The fraction of sp³-hybridized carbons (Fsp3) is 0. The van der Waals surface area contributed by atoms with Crippen LogP contribution in [-0.2, 0) is 0 Å². The van der Waals surface area contributed by atoms with Crippen molar-refractivity contribution in [1.29, 1.82) is 5.26 Å². The summed E-state index contributed by atoms with van der Waals surface area (Å²) in [5, 5.41) is 16.7. The molecular formula is C5H4N2O. The van der Waals surface area contributed by atoms with E-state index in [-0.39, 0.29) is 5.88 Å². The lowest BCUT2D eigenvalue weighted by Gasteiger charge is -1.71. The summed E-state index contributed by atoms with van der Waals surface area (Å²) in [6, 6.07) is 3.22. The van der Waals surface area contributed by atoms with Crippen LogP contribution in [-0.4, -0.2) is 10.1 Å². The number of rotatable bonds is 0. The normalized spacial score (nSPS) is 8.38. The largest absolute Gasteiger partial charge is 0.495 e. The van der Waals surface area contributed by atoms with Crippen molar-refractivity contribution in [3.05, 3.63) is 17.8 Å². The van der Waals surface area contributed by atoms with Gasteiger partial charge in [0.1, 0.15) is 6.07 Å².